The maximum absolute atomic E-state index is 11.4. The van der Waals surface area contributed by atoms with Gasteiger partial charge in [0.2, 0.25) is 0 Å². The van der Waals surface area contributed by atoms with E-state index in [2.05, 4.69) is 11.0 Å². The molecule has 3 nitrogen and oxygen atoms in total. The minimum absolute atomic E-state index is 0.325. The van der Waals surface area contributed by atoms with Crippen LogP contribution in [0.25, 0.3) is 11.0 Å². The second-order valence-electron chi connectivity index (χ2n) is 4.25. The lowest BCUT2D eigenvalue weighted by Crippen LogP contribution is -2.36. The highest BCUT2D eigenvalue weighted by atomic mass is 35.5. The molecule has 3 rings (SSSR count). The zero-order valence-corrected chi connectivity index (χ0v) is 10.0. The lowest BCUT2D eigenvalue weighted by molar-refractivity contribution is 0.558. The molecule has 0 saturated carbocycles. The van der Waals surface area contributed by atoms with Crippen molar-refractivity contribution in [2.75, 3.05) is 18.0 Å². The number of rotatable bonds is 2. The lowest BCUT2D eigenvalue weighted by atomic mass is 10.1. The molecule has 1 fully saturated rings. The topological polar surface area (TPSA) is 33.5 Å². The molecule has 1 aliphatic heterocycles. The lowest BCUT2D eigenvalue weighted by Gasteiger charge is -2.33. The van der Waals surface area contributed by atoms with Gasteiger partial charge in [0.1, 0.15) is 5.58 Å². The third-order valence-corrected chi connectivity index (χ3v) is 3.47. The van der Waals surface area contributed by atoms with E-state index in [9.17, 15) is 4.79 Å². The number of alkyl halides is 1. The van der Waals surface area contributed by atoms with Crippen LogP contribution in [0.15, 0.2) is 33.5 Å². The number of benzene rings is 1. The predicted octanol–water partition coefficient (Wildman–Crippen LogP) is 2.74. The fraction of sp³-hybridized carbons (Fsp3) is 0.308. The average Bonchev–Trinajstić information content (AvgIpc) is 2.25. The summed E-state index contributed by atoms with van der Waals surface area (Å²) >= 11 is 5.83. The maximum Gasteiger partial charge on any atom is 0.336 e. The van der Waals surface area contributed by atoms with E-state index in [4.69, 9.17) is 16.0 Å². The highest BCUT2D eigenvalue weighted by molar-refractivity contribution is 6.17. The van der Waals surface area contributed by atoms with Gasteiger partial charge < -0.3 is 9.32 Å². The second-order valence-corrected chi connectivity index (χ2v) is 4.51. The fourth-order valence-electron chi connectivity index (χ4n) is 2.10. The van der Waals surface area contributed by atoms with Gasteiger partial charge in [0, 0.05) is 42.2 Å². The Kier molecular flexibility index (Phi) is 2.56. The zero-order valence-electron chi connectivity index (χ0n) is 9.28. The van der Waals surface area contributed by atoms with Gasteiger partial charge in [0.15, 0.2) is 0 Å². The van der Waals surface area contributed by atoms with E-state index in [-0.39, 0.29) is 5.63 Å². The van der Waals surface area contributed by atoms with Crippen LogP contribution in [0.1, 0.15) is 12.0 Å². The summed E-state index contributed by atoms with van der Waals surface area (Å²) in [4.78, 5) is 13.6. The standard InChI is InChI=1S/C13H12ClNO2/c14-8-9-6-13(16)17-12-7-10(2-3-11(9)12)15-4-1-5-15/h2-3,6-7H,1,4-5,8H2. The molecule has 0 spiro atoms. The molecule has 0 N–H and O–H groups in total. The minimum atomic E-state index is -0.339. The van der Waals surface area contributed by atoms with Crippen molar-refractivity contribution in [1.82, 2.24) is 0 Å². The Morgan fingerprint density at radius 1 is 1.29 bits per heavy atom. The largest absolute Gasteiger partial charge is 0.423 e. The molecule has 0 amide bonds. The Morgan fingerprint density at radius 3 is 2.76 bits per heavy atom. The quantitative estimate of drug-likeness (QED) is 0.606. The smallest absolute Gasteiger partial charge is 0.336 e. The Labute approximate surface area is 104 Å². The number of hydrogen-bond acceptors (Lipinski definition) is 3. The molecule has 0 radical (unpaired) electrons. The predicted molar refractivity (Wildman–Crippen MR) is 68.9 cm³/mol. The summed E-state index contributed by atoms with van der Waals surface area (Å²) in [7, 11) is 0. The van der Waals surface area contributed by atoms with Crippen LogP contribution < -0.4 is 10.5 Å². The number of anilines is 1. The van der Waals surface area contributed by atoms with Crippen molar-refractivity contribution in [2.45, 2.75) is 12.3 Å². The molecule has 0 atom stereocenters. The molecule has 4 heteroatoms. The van der Waals surface area contributed by atoms with Crippen molar-refractivity contribution in [3.8, 4) is 0 Å². The van der Waals surface area contributed by atoms with Crippen LogP contribution in [-0.2, 0) is 5.88 Å². The van der Waals surface area contributed by atoms with Crippen LogP contribution in [-0.4, -0.2) is 13.1 Å². The second kappa shape index (κ2) is 4.08. The molecule has 2 aromatic rings. The molecular weight excluding hydrogens is 238 g/mol. The molecule has 0 aliphatic carbocycles. The van der Waals surface area contributed by atoms with E-state index in [0.717, 1.165) is 29.7 Å². The van der Waals surface area contributed by atoms with Gasteiger partial charge in [-0.05, 0) is 24.1 Å². The first-order valence-corrected chi connectivity index (χ1v) is 6.19. The van der Waals surface area contributed by atoms with Gasteiger partial charge in [-0.3, -0.25) is 0 Å². The molecule has 2 heterocycles. The van der Waals surface area contributed by atoms with E-state index in [0.29, 0.717) is 11.5 Å². The van der Waals surface area contributed by atoms with Crippen molar-refractivity contribution >= 4 is 28.3 Å². The number of halogens is 1. The van der Waals surface area contributed by atoms with Crippen molar-refractivity contribution < 1.29 is 4.42 Å². The highest BCUT2D eigenvalue weighted by Gasteiger charge is 2.15. The van der Waals surface area contributed by atoms with Gasteiger partial charge in [-0.1, -0.05) is 0 Å². The number of hydrogen-bond donors (Lipinski definition) is 0. The third kappa shape index (κ3) is 1.80. The van der Waals surface area contributed by atoms with E-state index in [1.165, 1.54) is 12.5 Å². The molecule has 1 aromatic carbocycles. The van der Waals surface area contributed by atoms with Gasteiger partial charge in [-0.2, -0.15) is 0 Å². The molecule has 1 aromatic heterocycles. The fourth-order valence-corrected chi connectivity index (χ4v) is 2.32. The first kappa shape index (κ1) is 10.7. The van der Waals surface area contributed by atoms with E-state index in [1.54, 1.807) is 0 Å². The Hall–Kier alpha value is -1.48. The SMILES string of the molecule is O=c1cc(CCl)c2ccc(N3CCC3)cc2o1. The normalized spacial score (nSPS) is 15.0. The Balaban J connectivity index is 2.18. The monoisotopic (exact) mass is 249 g/mol. The van der Waals surface area contributed by atoms with Gasteiger partial charge in [0.05, 0.1) is 0 Å². The summed E-state index contributed by atoms with van der Waals surface area (Å²) in [5, 5.41) is 0.920. The summed E-state index contributed by atoms with van der Waals surface area (Å²) < 4.78 is 5.22. The molecule has 1 aliphatic rings. The first-order chi connectivity index (χ1) is 8.28. The molecule has 1 saturated heterocycles. The van der Waals surface area contributed by atoms with Crippen molar-refractivity contribution in [3.63, 3.8) is 0 Å². The Bertz CT molecular complexity index is 616. The van der Waals surface area contributed by atoms with Crippen molar-refractivity contribution in [1.29, 1.82) is 0 Å². The summed E-state index contributed by atoms with van der Waals surface area (Å²) in [5.74, 6) is 0.325. The van der Waals surface area contributed by atoms with Crippen LogP contribution in [0.2, 0.25) is 0 Å². The van der Waals surface area contributed by atoms with E-state index in [1.807, 2.05) is 12.1 Å². The van der Waals surface area contributed by atoms with Crippen LogP contribution in [0.5, 0.6) is 0 Å². The van der Waals surface area contributed by atoms with Gasteiger partial charge in [-0.15, -0.1) is 11.6 Å². The summed E-state index contributed by atoms with van der Waals surface area (Å²) in [6, 6.07) is 7.41. The first-order valence-electron chi connectivity index (χ1n) is 5.65. The van der Waals surface area contributed by atoms with E-state index < -0.39 is 0 Å². The van der Waals surface area contributed by atoms with Crippen LogP contribution in [0, 0.1) is 0 Å². The van der Waals surface area contributed by atoms with Gasteiger partial charge in [-0.25, -0.2) is 4.79 Å². The molecule has 0 bridgehead atoms. The average molecular weight is 250 g/mol. The van der Waals surface area contributed by atoms with Gasteiger partial charge >= 0.3 is 5.63 Å². The highest BCUT2D eigenvalue weighted by Crippen LogP contribution is 2.26. The minimum Gasteiger partial charge on any atom is -0.423 e. The summed E-state index contributed by atoms with van der Waals surface area (Å²) in [5.41, 5.74) is 2.22. The van der Waals surface area contributed by atoms with Gasteiger partial charge in [0.25, 0.3) is 0 Å². The third-order valence-electron chi connectivity index (χ3n) is 3.18. The van der Waals surface area contributed by atoms with Crippen LogP contribution in [0.4, 0.5) is 5.69 Å². The van der Waals surface area contributed by atoms with Crippen molar-refractivity contribution in [2.24, 2.45) is 0 Å². The van der Waals surface area contributed by atoms with E-state index >= 15 is 0 Å². The molecule has 17 heavy (non-hydrogen) atoms. The van der Waals surface area contributed by atoms with Crippen molar-refractivity contribution in [3.05, 3.63) is 40.2 Å². The maximum atomic E-state index is 11.4. The number of nitrogens with zero attached hydrogens (tertiary/aromatic N) is 1. The summed E-state index contributed by atoms with van der Waals surface area (Å²) in [6.07, 6.45) is 1.23. The Morgan fingerprint density at radius 2 is 2.12 bits per heavy atom. The van der Waals surface area contributed by atoms with Crippen LogP contribution >= 0.6 is 11.6 Å². The summed E-state index contributed by atoms with van der Waals surface area (Å²) in [6.45, 7) is 2.15. The number of fused-ring (bicyclic) bond motifs is 1. The van der Waals surface area contributed by atoms with Crippen LogP contribution in [0.3, 0.4) is 0 Å². The molecular formula is C13H12ClNO2. The zero-order chi connectivity index (χ0) is 11.8. The molecule has 0 unspecified atom stereocenters. The molecule has 88 valence electrons.